The number of nitrogens with zero attached hydrogens (tertiary/aromatic N) is 4. The van der Waals surface area contributed by atoms with Crippen molar-refractivity contribution in [3.05, 3.63) is 48.1 Å². The molecule has 2 heterocycles. The molecule has 1 aliphatic rings. The van der Waals surface area contributed by atoms with Crippen molar-refractivity contribution in [3.8, 4) is 0 Å². The first-order chi connectivity index (χ1) is 11.3. The van der Waals surface area contributed by atoms with E-state index in [4.69, 9.17) is 0 Å². The van der Waals surface area contributed by atoms with Gasteiger partial charge >= 0.3 is 0 Å². The maximum absolute atomic E-state index is 14.2. The molecule has 130 valence electrons. The van der Waals surface area contributed by atoms with E-state index < -0.39 is 27.3 Å². The highest BCUT2D eigenvalue weighted by Crippen LogP contribution is 2.30. The summed E-state index contributed by atoms with van der Waals surface area (Å²) in [6.45, 7) is -0.329. The normalized spacial score (nSPS) is 20.1. The van der Waals surface area contributed by atoms with E-state index in [1.165, 1.54) is 17.3 Å². The van der Waals surface area contributed by atoms with Crippen LogP contribution in [0.3, 0.4) is 0 Å². The highest BCUT2D eigenvalue weighted by atomic mass is 32.2. The van der Waals surface area contributed by atoms with Gasteiger partial charge in [0.25, 0.3) is 0 Å². The molecule has 0 amide bonds. The van der Waals surface area contributed by atoms with E-state index in [0.29, 0.717) is 12.5 Å². The number of aromatic nitrogens is 3. The Balaban J connectivity index is 2.00. The number of aliphatic hydroxyl groups is 1. The zero-order valence-corrected chi connectivity index (χ0v) is 13.5. The summed E-state index contributed by atoms with van der Waals surface area (Å²) in [5.74, 6) is -1.75. The first kappa shape index (κ1) is 16.9. The molecule has 1 unspecified atom stereocenters. The van der Waals surface area contributed by atoms with E-state index in [0.717, 1.165) is 16.4 Å². The predicted molar refractivity (Wildman–Crippen MR) is 80.3 cm³/mol. The molecule has 1 aromatic carbocycles. The van der Waals surface area contributed by atoms with E-state index in [2.05, 4.69) is 10.1 Å². The molecular formula is C14H16F2N4O3S. The van der Waals surface area contributed by atoms with Crippen molar-refractivity contribution in [2.45, 2.75) is 18.6 Å². The van der Waals surface area contributed by atoms with E-state index >= 15 is 0 Å². The Labute approximate surface area is 137 Å². The Morgan fingerprint density at radius 1 is 1.29 bits per heavy atom. The molecule has 24 heavy (non-hydrogen) atoms. The Kier molecular flexibility index (Phi) is 4.37. The van der Waals surface area contributed by atoms with Crippen LogP contribution >= 0.6 is 0 Å². The van der Waals surface area contributed by atoms with Crippen LogP contribution in [-0.4, -0.2) is 51.4 Å². The van der Waals surface area contributed by atoms with Crippen LogP contribution in [0.1, 0.15) is 12.0 Å². The molecule has 1 aliphatic heterocycles. The summed E-state index contributed by atoms with van der Waals surface area (Å²) in [6, 6.07) is 2.79. The molecule has 1 saturated heterocycles. The van der Waals surface area contributed by atoms with Gasteiger partial charge in [-0.05, 0) is 12.5 Å². The number of rotatable bonds is 5. The van der Waals surface area contributed by atoms with Gasteiger partial charge in [-0.3, -0.25) is 0 Å². The fourth-order valence-electron chi connectivity index (χ4n) is 2.83. The lowest BCUT2D eigenvalue weighted by Crippen LogP contribution is -2.45. The molecule has 1 aromatic heterocycles. The second kappa shape index (κ2) is 6.19. The summed E-state index contributed by atoms with van der Waals surface area (Å²) in [5.41, 5.74) is -2.11. The third-order valence-electron chi connectivity index (χ3n) is 3.96. The first-order valence-electron chi connectivity index (χ1n) is 7.28. The molecule has 7 nitrogen and oxygen atoms in total. The van der Waals surface area contributed by atoms with Crippen LogP contribution in [0.5, 0.6) is 0 Å². The number of β-amino-alcohol motifs (C(OH)–C–C–N with tert-alkyl or cyclic N) is 1. The van der Waals surface area contributed by atoms with Crippen LogP contribution in [0.4, 0.5) is 8.78 Å². The molecule has 1 atom stereocenters. The highest BCUT2D eigenvalue weighted by molar-refractivity contribution is 7.89. The van der Waals surface area contributed by atoms with Gasteiger partial charge in [-0.25, -0.2) is 26.9 Å². The quantitative estimate of drug-likeness (QED) is 0.840. The number of benzene rings is 1. The van der Waals surface area contributed by atoms with Crippen molar-refractivity contribution in [2.24, 2.45) is 0 Å². The lowest BCUT2D eigenvalue weighted by Gasteiger charge is -2.32. The third-order valence-corrected chi connectivity index (χ3v) is 5.87. The number of hydrogen-bond acceptors (Lipinski definition) is 5. The summed E-state index contributed by atoms with van der Waals surface area (Å²) in [4.78, 5) is 3.75. The summed E-state index contributed by atoms with van der Waals surface area (Å²) in [7, 11) is -3.50. The summed E-state index contributed by atoms with van der Waals surface area (Å²) >= 11 is 0. The number of halogens is 2. The standard InChI is InChI=1S/C14H16F2N4O3S/c15-11-2-3-12(13(16)6-11)14(21,7-19-10-17-9-18-19)8-20-4-1-5-24(20,22)23/h2-3,6,9-10,21H,1,4-5,7-8H2. The van der Waals surface area contributed by atoms with Crippen LogP contribution < -0.4 is 0 Å². The average Bonchev–Trinajstić information content (AvgIpc) is 3.09. The molecule has 0 saturated carbocycles. The van der Waals surface area contributed by atoms with Gasteiger partial charge in [0.1, 0.15) is 29.9 Å². The second-order valence-electron chi connectivity index (χ2n) is 5.75. The summed E-state index contributed by atoms with van der Waals surface area (Å²) in [6.07, 6.45) is 3.01. The van der Waals surface area contributed by atoms with Crippen molar-refractivity contribution in [1.82, 2.24) is 19.1 Å². The van der Waals surface area contributed by atoms with E-state index in [-0.39, 0.29) is 31.0 Å². The van der Waals surface area contributed by atoms with Gasteiger partial charge in [-0.2, -0.15) is 9.40 Å². The van der Waals surface area contributed by atoms with E-state index in [9.17, 15) is 22.3 Å². The number of hydrogen-bond donors (Lipinski definition) is 1. The molecule has 0 bridgehead atoms. The van der Waals surface area contributed by atoms with Crippen LogP contribution in [0, 0.1) is 11.6 Å². The Bertz CT molecular complexity index is 829. The largest absolute Gasteiger partial charge is 0.382 e. The Hall–Kier alpha value is -1.91. The van der Waals surface area contributed by atoms with Gasteiger partial charge in [-0.1, -0.05) is 6.07 Å². The summed E-state index contributed by atoms with van der Waals surface area (Å²) < 4.78 is 53.9. The molecule has 0 radical (unpaired) electrons. The molecule has 1 N–H and O–H groups in total. The Morgan fingerprint density at radius 2 is 2.08 bits per heavy atom. The molecule has 10 heteroatoms. The number of sulfonamides is 1. The molecule has 1 fully saturated rings. The maximum atomic E-state index is 14.2. The molecule has 3 rings (SSSR count). The van der Waals surface area contributed by atoms with Gasteiger partial charge < -0.3 is 5.11 Å². The van der Waals surface area contributed by atoms with Crippen LogP contribution in [-0.2, 0) is 22.2 Å². The fourth-order valence-corrected chi connectivity index (χ4v) is 4.40. The van der Waals surface area contributed by atoms with Crippen molar-refractivity contribution in [3.63, 3.8) is 0 Å². The molecular weight excluding hydrogens is 342 g/mol. The topological polar surface area (TPSA) is 88.3 Å². The van der Waals surface area contributed by atoms with Crippen molar-refractivity contribution < 1.29 is 22.3 Å². The van der Waals surface area contributed by atoms with E-state index in [1.807, 2.05) is 0 Å². The minimum absolute atomic E-state index is 0.0156. The minimum Gasteiger partial charge on any atom is -0.382 e. The SMILES string of the molecule is O=S1(=O)CCCN1CC(O)(Cn1cncn1)c1ccc(F)cc1F. The average molecular weight is 358 g/mol. The van der Waals surface area contributed by atoms with Crippen molar-refractivity contribution in [1.29, 1.82) is 0 Å². The first-order valence-corrected chi connectivity index (χ1v) is 8.89. The zero-order chi connectivity index (χ0) is 17.4. The minimum atomic E-state index is -3.50. The van der Waals surface area contributed by atoms with Crippen molar-refractivity contribution in [2.75, 3.05) is 18.8 Å². The lowest BCUT2D eigenvalue weighted by atomic mass is 9.92. The van der Waals surface area contributed by atoms with Gasteiger partial charge in [0, 0.05) is 24.7 Å². The van der Waals surface area contributed by atoms with Crippen LogP contribution in [0.25, 0.3) is 0 Å². The van der Waals surface area contributed by atoms with Crippen LogP contribution in [0.15, 0.2) is 30.9 Å². The predicted octanol–water partition coefficient (Wildman–Crippen LogP) is 0.480. The summed E-state index contributed by atoms with van der Waals surface area (Å²) in [5, 5.41) is 14.9. The van der Waals surface area contributed by atoms with Gasteiger partial charge in [0.05, 0.1) is 12.3 Å². The smallest absolute Gasteiger partial charge is 0.214 e. The van der Waals surface area contributed by atoms with Gasteiger partial charge in [-0.15, -0.1) is 0 Å². The van der Waals surface area contributed by atoms with Gasteiger partial charge in [0.15, 0.2) is 0 Å². The molecule has 2 aromatic rings. The molecule has 0 spiro atoms. The molecule has 0 aliphatic carbocycles. The second-order valence-corrected chi connectivity index (χ2v) is 7.84. The monoisotopic (exact) mass is 358 g/mol. The third kappa shape index (κ3) is 3.30. The van der Waals surface area contributed by atoms with Crippen molar-refractivity contribution >= 4 is 10.0 Å². The van der Waals surface area contributed by atoms with Crippen LogP contribution in [0.2, 0.25) is 0 Å². The fraction of sp³-hybridized carbons (Fsp3) is 0.429. The highest BCUT2D eigenvalue weighted by Gasteiger charge is 2.40. The Morgan fingerprint density at radius 3 is 2.67 bits per heavy atom. The maximum Gasteiger partial charge on any atom is 0.214 e. The lowest BCUT2D eigenvalue weighted by molar-refractivity contribution is -0.00332. The zero-order valence-electron chi connectivity index (χ0n) is 12.6. The van der Waals surface area contributed by atoms with Gasteiger partial charge in [0.2, 0.25) is 10.0 Å². The van der Waals surface area contributed by atoms with E-state index in [1.54, 1.807) is 0 Å².